The summed E-state index contributed by atoms with van der Waals surface area (Å²) in [5, 5.41) is 0.974. The quantitative estimate of drug-likeness (QED) is 0.238. The molecule has 0 atom stereocenters. The molecule has 3 fully saturated rings. The maximum atomic E-state index is 11.8. The second kappa shape index (κ2) is 11.3. The average molecular weight is 622 g/mol. The van der Waals surface area contributed by atoms with Gasteiger partial charge in [0.25, 0.3) is 0 Å². The van der Waals surface area contributed by atoms with Crippen LogP contribution in [0.4, 0.5) is 5.69 Å². The summed E-state index contributed by atoms with van der Waals surface area (Å²) in [5.74, 6) is 2.98. The Hall–Kier alpha value is -4.08. The molecule has 0 bridgehead atoms. The number of aryl methyl sites for hydroxylation is 1. The summed E-state index contributed by atoms with van der Waals surface area (Å²) in [6, 6.07) is 15.0. The number of methoxy groups -OCH3 is 1. The Kier molecular flexibility index (Phi) is 7.21. The average Bonchev–Trinajstić information content (AvgIpc) is 3.48. The summed E-state index contributed by atoms with van der Waals surface area (Å²) in [7, 11) is 1.75. The zero-order valence-corrected chi connectivity index (χ0v) is 27.1. The van der Waals surface area contributed by atoms with Crippen molar-refractivity contribution in [2.45, 2.75) is 57.7 Å². The van der Waals surface area contributed by atoms with E-state index in [1.807, 2.05) is 36.5 Å². The van der Waals surface area contributed by atoms with Gasteiger partial charge in [0.1, 0.15) is 22.7 Å². The maximum absolute atomic E-state index is 11.8. The van der Waals surface area contributed by atoms with Gasteiger partial charge < -0.3 is 24.1 Å². The standard InChI is InChI=1S/C37H43N5O4/c1-36(2)8-6-26-14-25(15-33(44-3)34(26)46-36)21-40-10-12-41(13-11-40)30-18-37(19-30)23-42(24-37)29-5-4-28(22-43)32(17-29)45-31-16-27-7-9-38-35(27)39-20-31/h4-5,7,9,14-17,20,22,30H,6,8,10-13,18-19,21,23-24H2,1-3H3,(H,38,39). The molecule has 3 aliphatic heterocycles. The monoisotopic (exact) mass is 621 g/mol. The first-order valence-electron chi connectivity index (χ1n) is 16.6. The van der Waals surface area contributed by atoms with Crippen LogP contribution in [0.1, 0.15) is 54.6 Å². The molecule has 8 rings (SSSR count). The Bertz CT molecular complexity index is 1740. The highest BCUT2D eigenvalue weighted by molar-refractivity contribution is 5.82. The Morgan fingerprint density at radius 3 is 2.65 bits per heavy atom. The number of aldehydes is 1. The summed E-state index contributed by atoms with van der Waals surface area (Å²) in [6.07, 6.45) is 8.98. The van der Waals surface area contributed by atoms with Crippen LogP contribution in [0.15, 0.2) is 54.9 Å². The number of hydrogen-bond acceptors (Lipinski definition) is 8. The first-order chi connectivity index (χ1) is 22.3. The molecule has 9 heteroatoms. The van der Waals surface area contributed by atoms with Gasteiger partial charge in [-0.05, 0) is 81.0 Å². The number of fused-ring (bicyclic) bond motifs is 2. The van der Waals surface area contributed by atoms with E-state index in [0.717, 1.165) is 93.2 Å². The number of carbonyl (C=O) groups excluding carboxylic acids is 1. The normalized spacial score (nSPS) is 20.9. The minimum absolute atomic E-state index is 0.144. The first kappa shape index (κ1) is 29.3. The zero-order valence-electron chi connectivity index (χ0n) is 27.1. The minimum Gasteiger partial charge on any atom is -0.493 e. The van der Waals surface area contributed by atoms with Crippen LogP contribution in [0.5, 0.6) is 23.0 Å². The van der Waals surface area contributed by atoms with Gasteiger partial charge in [0, 0.05) is 80.6 Å². The maximum Gasteiger partial charge on any atom is 0.165 e. The molecule has 9 nitrogen and oxygen atoms in total. The highest BCUT2D eigenvalue weighted by Gasteiger charge is 2.54. The smallest absolute Gasteiger partial charge is 0.165 e. The predicted octanol–water partition coefficient (Wildman–Crippen LogP) is 6.07. The molecule has 1 aliphatic carbocycles. The van der Waals surface area contributed by atoms with Crippen LogP contribution in [0.3, 0.4) is 0 Å². The lowest BCUT2D eigenvalue weighted by molar-refractivity contribution is -0.0380. The molecule has 0 radical (unpaired) electrons. The van der Waals surface area contributed by atoms with Crippen molar-refractivity contribution >= 4 is 23.0 Å². The Morgan fingerprint density at radius 1 is 1.04 bits per heavy atom. The van der Waals surface area contributed by atoms with Crippen LogP contribution in [-0.4, -0.2) is 84.1 Å². The van der Waals surface area contributed by atoms with Crippen LogP contribution < -0.4 is 19.1 Å². The molecule has 0 amide bonds. The number of pyridine rings is 1. The van der Waals surface area contributed by atoms with E-state index < -0.39 is 0 Å². The highest BCUT2D eigenvalue weighted by Crippen LogP contribution is 2.52. The predicted molar refractivity (Wildman–Crippen MR) is 179 cm³/mol. The third-order valence-corrected chi connectivity index (χ3v) is 10.6. The van der Waals surface area contributed by atoms with E-state index in [1.54, 1.807) is 13.3 Å². The van der Waals surface area contributed by atoms with Crippen LogP contribution in [0.2, 0.25) is 0 Å². The fraction of sp³-hybridized carbons (Fsp3) is 0.459. The van der Waals surface area contributed by atoms with Crippen molar-refractivity contribution in [1.82, 2.24) is 19.8 Å². The molecule has 1 N–H and O–H groups in total. The van der Waals surface area contributed by atoms with Crippen molar-refractivity contribution < 1.29 is 19.0 Å². The summed E-state index contributed by atoms with van der Waals surface area (Å²) in [6.45, 7) is 11.8. The van der Waals surface area contributed by atoms with Crippen molar-refractivity contribution in [3.63, 3.8) is 0 Å². The van der Waals surface area contributed by atoms with Gasteiger partial charge in [0.05, 0.1) is 18.9 Å². The first-order valence-corrected chi connectivity index (χ1v) is 16.6. The number of benzene rings is 2. The molecule has 2 aromatic heterocycles. The molecule has 1 spiro atoms. The summed E-state index contributed by atoms with van der Waals surface area (Å²) in [4.78, 5) is 27.0. The van der Waals surface area contributed by atoms with E-state index >= 15 is 0 Å². The van der Waals surface area contributed by atoms with Crippen molar-refractivity contribution in [2.24, 2.45) is 5.41 Å². The third kappa shape index (κ3) is 5.49. The van der Waals surface area contributed by atoms with Crippen LogP contribution >= 0.6 is 0 Å². The molecule has 5 heterocycles. The summed E-state index contributed by atoms with van der Waals surface area (Å²) >= 11 is 0. The molecule has 4 aromatic rings. The van der Waals surface area contributed by atoms with Crippen molar-refractivity contribution in [1.29, 1.82) is 0 Å². The number of carbonyl (C=O) groups is 1. The second-order valence-corrected chi connectivity index (χ2v) is 14.4. The Morgan fingerprint density at radius 2 is 1.87 bits per heavy atom. The lowest BCUT2D eigenvalue weighted by atomic mass is 9.60. The molecule has 46 heavy (non-hydrogen) atoms. The number of H-pyrrole nitrogens is 1. The number of ether oxygens (including phenoxy) is 3. The van der Waals surface area contributed by atoms with Crippen molar-refractivity contribution in [2.75, 3.05) is 51.3 Å². The van der Waals surface area contributed by atoms with Crippen LogP contribution in [0, 0.1) is 5.41 Å². The molecule has 240 valence electrons. The number of piperazine rings is 1. The minimum atomic E-state index is -0.144. The number of anilines is 1. The van der Waals surface area contributed by atoms with Gasteiger partial charge in [-0.1, -0.05) is 6.07 Å². The number of aromatic nitrogens is 2. The van der Waals surface area contributed by atoms with Gasteiger partial charge in [-0.25, -0.2) is 4.98 Å². The van der Waals surface area contributed by atoms with E-state index in [2.05, 4.69) is 50.6 Å². The van der Waals surface area contributed by atoms with Gasteiger partial charge >= 0.3 is 0 Å². The van der Waals surface area contributed by atoms with E-state index in [9.17, 15) is 4.79 Å². The van der Waals surface area contributed by atoms with Gasteiger partial charge in [0.2, 0.25) is 0 Å². The molecular formula is C37H43N5O4. The van der Waals surface area contributed by atoms with Crippen LogP contribution in [0.25, 0.3) is 11.0 Å². The number of rotatable bonds is 8. The fourth-order valence-corrected chi connectivity index (χ4v) is 7.99. The highest BCUT2D eigenvalue weighted by atomic mass is 16.5. The van der Waals surface area contributed by atoms with E-state index in [0.29, 0.717) is 28.5 Å². The number of hydrogen-bond donors (Lipinski definition) is 1. The topological polar surface area (TPSA) is 83.2 Å². The fourth-order valence-electron chi connectivity index (χ4n) is 7.99. The molecule has 2 aromatic carbocycles. The zero-order chi connectivity index (χ0) is 31.5. The lowest BCUT2D eigenvalue weighted by Gasteiger charge is -2.62. The number of aromatic amines is 1. The Balaban J connectivity index is 0.836. The molecule has 4 aliphatic rings. The van der Waals surface area contributed by atoms with E-state index in [4.69, 9.17) is 14.2 Å². The lowest BCUT2D eigenvalue weighted by Crippen LogP contribution is -2.68. The van der Waals surface area contributed by atoms with Crippen LogP contribution in [-0.2, 0) is 13.0 Å². The summed E-state index contributed by atoms with van der Waals surface area (Å²) in [5.41, 5.74) is 5.32. The molecule has 0 unspecified atom stereocenters. The van der Waals surface area contributed by atoms with Crippen molar-refractivity contribution in [3.8, 4) is 23.0 Å². The third-order valence-electron chi connectivity index (χ3n) is 10.6. The van der Waals surface area contributed by atoms with E-state index in [-0.39, 0.29) is 5.60 Å². The number of nitrogens with one attached hydrogen (secondary N) is 1. The molecule has 1 saturated carbocycles. The summed E-state index contributed by atoms with van der Waals surface area (Å²) < 4.78 is 18.2. The van der Waals surface area contributed by atoms with Gasteiger partial charge in [-0.2, -0.15) is 0 Å². The van der Waals surface area contributed by atoms with E-state index in [1.165, 1.54) is 24.0 Å². The van der Waals surface area contributed by atoms with Gasteiger partial charge in [-0.15, -0.1) is 0 Å². The largest absolute Gasteiger partial charge is 0.493 e. The van der Waals surface area contributed by atoms with Gasteiger partial charge in [0.15, 0.2) is 17.8 Å². The second-order valence-electron chi connectivity index (χ2n) is 14.4. The Labute approximate surface area is 270 Å². The molecular weight excluding hydrogens is 578 g/mol. The van der Waals surface area contributed by atoms with Gasteiger partial charge in [-0.3, -0.25) is 14.6 Å². The number of nitrogens with zero attached hydrogens (tertiary/aromatic N) is 4. The van der Waals surface area contributed by atoms with Crippen molar-refractivity contribution in [3.05, 3.63) is 71.5 Å². The SMILES string of the molecule is COc1cc(CN2CCN(C3CC4(C3)CN(c3ccc(C=O)c(Oc5cnc6[nH]ccc6c5)c3)C4)CC2)cc2c1OC(C)(C)CC2. The molecule has 2 saturated heterocycles.